The van der Waals surface area contributed by atoms with Crippen LogP contribution in [0.25, 0.3) is 0 Å². The number of hydrogen-bond donors (Lipinski definition) is 2. The number of fused-ring (bicyclic) bond motifs is 1. The van der Waals surface area contributed by atoms with Crippen LogP contribution in [0, 0.1) is 5.92 Å². The van der Waals surface area contributed by atoms with Gasteiger partial charge < -0.3 is 10.6 Å². The van der Waals surface area contributed by atoms with E-state index < -0.39 is 15.8 Å². The summed E-state index contributed by atoms with van der Waals surface area (Å²) in [5.41, 5.74) is 2.29. The normalized spacial score (nSPS) is 14.7. The van der Waals surface area contributed by atoms with Crippen molar-refractivity contribution in [3.63, 3.8) is 0 Å². The van der Waals surface area contributed by atoms with Crippen LogP contribution in [-0.2, 0) is 25.8 Å². The highest BCUT2D eigenvalue weighted by Crippen LogP contribution is 2.33. The van der Waals surface area contributed by atoms with E-state index in [4.69, 9.17) is 0 Å². The van der Waals surface area contributed by atoms with Gasteiger partial charge in [-0.2, -0.15) is 0 Å². The zero-order valence-electron chi connectivity index (χ0n) is 15.7. The van der Waals surface area contributed by atoms with Crippen LogP contribution in [0.15, 0.2) is 52.3 Å². The molecule has 1 atom stereocenters. The second kappa shape index (κ2) is 8.36. The Balaban J connectivity index is 1.69. The van der Waals surface area contributed by atoms with Gasteiger partial charge >= 0.3 is 0 Å². The van der Waals surface area contributed by atoms with Gasteiger partial charge in [-0.05, 0) is 42.3 Å². The topological polar surface area (TPSA) is 92.3 Å². The molecule has 6 nitrogen and oxygen atoms in total. The molecule has 0 fully saturated rings. The molecule has 2 amide bonds. The maximum absolute atomic E-state index is 12.8. The molecule has 3 rings (SSSR count). The molecule has 8 heteroatoms. The van der Waals surface area contributed by atoms with Crippen LogP contribution >= 0.6 is 11.8 Å². The molecule has 0 aromatic heterocycles. The van der Waals surface area contributed by atoms with E-state index in [2.05, 4.69) is 10.6 Å². The van der Waals surface area contributed by atoms with Crippen molar-refractivity contribution in [2.45, 2.75) is 30.1 Å². The Morgan fingerprint density at radius 1 is 1.21 bits per heavy atom. The van der Waals surface area contributed by atoms with E-state index in [1.807, 2.05) is 31.2 Å². The number of carbonyl (C=O) groups is 2. The lowest BCUT2D eigenvalue weighted by Crippen LogP contribution is -2.27. The highest BCUT2D eigenvalue weighted by atomic mass is 32.2. The number of carbonyl (C=O) groups excluding carboxylic acids is 2. The standard InChI is InChI=1S/C20H22N2O4S2/c1-3-14-4-6-15(7-5-14)21-20(24)13(2)12-28(25,26)16-8-9-18-17(10-16)22-19(23)11-27-18/h4-10,13H,3,11-12H2,1-2H3,(H,21,24)(H,22,23)/t13-/m1/s1. The highest BCUT2D eigenvalue weighted by Gasteiger charge is 2.25. The second-order valence-corrected chi connectivity index (χ2v) is 9.77. The zero-order chi connectivity index (χ0) is 20.3. The van der Waals surface area contributed by atoms with Gasteiger partial charge in [-0.3, -0.25) is 9.59 Å². The Morgan fingerprint density at radius 2 is 1.93 bits per heavy atom. The lowest BCUT2D eigenvalue weighted by molar-refractivity contribution is -0.118. The fraction of sp³-hybridized carbons (Fsp3) is 0.300. The second-order valence-electron chi connectivity index (χ2n) is 6.72. The molecule has 1 aliphatic heterocycles. The number of amides is 2. The molecule has 0 aliphatic carbocycles. The van der Waals surface area contributed by atoms with E-state index in [0.717, 1.165) is 16.9 Å². The van der Waals surface area contributed by atoms with Crippen LogP contribution in [-0.4, -0.2) is 31.7 Å². The van der Waals surface area contributed by atoms with E-state index in [1.54, 1.807) is 13.0 Å². The number of nitrogens with one attached hydrogen (secondary N) is 2. The summed E-state index contributed by atoms with van der Waals surface area (Å²) >= 11 is 1.37. The number of benzene rings is 2. The molecule has 2 aromatic rings. The van der Waals surface area contributed by atoms with Gasteiger partial charge in [-0.1, -0.05) is 26.0 Å². The van der Waals surface area contributed by atoms with Gasteiger partial charge in [0.15, 0.2) is 9.84 Å². The number of rotatable bonds is 6. The molecule has 28 heavy (non-hydrogen) atoms. The smallest absolute Gasteiger partial charge is 0.234 e. The fourth-order valence-corrected chi connectivity index (χ4v) is 5.21. The molecule has 0 spiro atoms. The van der Waals surface area contributed by atoms with Gasteiger partial charge in [0, 0.05) is 16.5 Å². The molecule has 1 aliphatic rings. The number of hydrogen-bond acceptors (Lipinski definition) is 5. The van der Waals surface area contributed by atoms with Gasteiger partial charge in [0.1, 0.15) is 0 Å². The molecule has 2 N–H and O–H groups in total. The third kappa shape index (κ3) is 4.74. The molecule has 1 heterocycles. The van der Waals surface area contributed by atoms with Crippen LogP contribution < -0.4 is 10.6 Å². The highest BCUT2D eigenvalue weighted by molar-refractivity contribution is 8.00. The van der Waals surface area contributed by atoms with E-state index in [0.29, 0.717) is 17.1 Å². The van der Waals surface area contributed by atoms with E-state index >= 15 is 0 Å². The molecule has 0 bridgehead atoms. The van der Waals surface area contributed by atoms with Crippen molar-refractivity contribution in [3.05, 3.63) is 48.0 Å². The summed E-state index contributed by atoms with van der Waals surface area (Å²) in [6.45, 7) is 3.63. The molecule has 148 valence electrons. The van der Waals surface area contributed by atoms with Crippen molar-refractivity contribution in [2.75, 3.05) is 22.1 Å². The van der Waals surface area contributed by atoms with Crippen LogP contribution in [0.1, 0.15) is 19.4 Å². The molecule has 0 saturated carbocycles. The minimum absolute atomic E-state index is 0.0981. The number of sulfone groups is 1. The number of thioether (sulfide) groups is 1. The summed E-state index contributed by atoms with van der Waals surface area (Å²) in [7, 11) is -3.68. The first-order valence-corrected chi connectivity index (χ1v) is 11.6. The quantitative estimate of drug-likeness (QED) is 0.751. The monoisotopic (exact) mass is 418 g/mol. The van der Waals surface area contributed by atoms with E-state index in [1.165, 1.54) is 23.9 Å². The SMILES string of the molecule is CCc1ccc(NC(=O)[C@H](C)CS(=O)(=O)c2ccc3c(c2)NC(=O)CS3)cc1. The average molecular weight is 419 g/mol. The lowest BCUT2D eigenvalue weighted by atomic mass is 10.1. The van der Waals surface area contributed by atoms with Crippen molar-refractivity contribution in [2.24, 2.45) is 5.92 Å². The van der Waals surface area contributed by atoms with Gasteiger partial charge in [-0.15, -0.1) is 11.8 Å². The van der Waals surface area contributed by atoms with Crippen LogP contribution in [0.3, 0.4) is 0 Å². The fourth-order valence-electron chi connectivity index (χ4n) is 2.85. The van der Waals surface area contributed by atoms with Gasteiger partial charge in [0.05, 0.1) is 22.1 Å². The first-order valence-electron chi connectivity index (χ1n) is 8.98. The van der Waals surface area contributed by atoms with E-state index in [9.17, 15) is 18.0 Å². The van der Waals surface area contributed by atoms with Crippen molar-refractivity contribution < 1.29 is 18.0 Å². The Bertz CT molecular complexity index is 1000. The van der Waals surface area contributed by atoms with Crippen molar-refractivity contribution in [1.29, 1.82) is 0 Å². The number of aryl methyl sites for hydroxylation is 1. The van der Waals surface area contributed by atoms with Gasteiger partial charge in [0.2, 0.25) is 11.8 Å². The summed E-state index contributed by atoms with van der Waals surface area (Å²) in [4.78, 5) is 24.9. The Hall–Kier alpha value is -2.32. The molecular formula is C20H22N2O4S2. The Labute approximate surface area is 169 Å². The predicted octanol–water partition coefficient (Wildman–Crippen LogP) is 3.34. The van der Waals surface area contributed by atoms with Crippen LogP contribution in [0.5, 0.6) is 0 Å². The molecule has 0 saturated heterocycles. The van der Waals surface area contributed by atoms with Crippen molar-refractivity contribution in [1.82, 2.24) is 0 Å². The lowest BCUT2D eigenvalue weighted by Gasteiger charge is -2.18. The maximum atomic E-state index is 12.8. The predicted molar refractivity (Wildman–Crippen MR) is 111 cm³/mol. The first-order chi connectivity index (χ1) is 13.3. The minimum Gasteiger partial charge on any atom is -0.326 e. The van der Waals surface area contributed by atoms with Crippen LogP contribution in [0.2, 0.25) is 0 Å². The summed E-state index contributed by atoms with van der Waals surface area (Å²) < 4.78 is 25.5. The third-order valence-corrected chi connectivity index (χ3v) is 7.47. The largest absolute Gasteiger partial charge is 0.326 e. The minimum atomic E-state index is -3.68. The number of anilines is 2. The maximum Gasteiger partial charge on any atom is 0.234 e. The first kappa shape index (κ1) is 20.4. The van der Waals surface area contributed by atoms with E-state index in [-0.39, 0.29) is 22.5 Å². The van der Waals surface area contributed by atoms with Crippen molar-refractivity contribution in [3.8, 4) is 0 Å². The van der Waals surface area contributed by atoms with Gasteiger partial charge in [-0.25, -0.2) is 8.42 Å². The average Bonchev–Trinajstić information content (AvgIpc) is 2.67. The van der Waals surface area contributed by atoms with Gasteiger partial charge in [0.25, 0.3) is 0 Å². The molecule has 2 aromatic carbocycles. The van der Waals surface area contributed by atoms with Crippen molar-refractivity contribution >= 4 is 44.8 Å². The third-order valence-electron chi connectivity index (χ3n) is 4.49. The zero-order valence-corrected chi connectivity index (χ0v) is 17.3. The summed E-state index contributed by atoms with van der Waals surface area (Å²) in [5, 5.41) is 5.45. The summed E-state index contributed by atoms with van der Waals surface area (Å²) in [6, 6.07) is 12.1. The molecular weight excluding hydrogens is 396 g/mol. The summed E-state index contributed by atoms with van der Waals surface area (Å²) in [5.74, 6) is -1.24. The summed E-state index contributed by atoms with van der Waals surface area (Å²) in [6.07, 6.45) is 0.905. The molecule has 0 radical (unpaired) electrons. The van der Waals surface area contributed by atoms with Crippen LogP contribution in [0.4, 0.5) is 11.4 Å². The Kier molecular flexibility index (Phi) is 6.10. The molecule has 0 unspecified atom stereocenters. The Morgan fingerprint density at radius 3 is 2.61 bits per heavy atom.